The number of aromatic nitrogens is 2. The van der Waals surface area contributed by atoms with Gasteiger partial charge in [-0.2, -0.15) is 5.10 Å². The maximum Gasteiger partial charge on any atom is 0.252 e. The first-order valence-corrected chi connectivity index (χ1v) is 9.85. The van der Waals surface area contributed by atoms with Crippen molar-refractivity contribution in [3.05, 3.63) is 17.5 Å². The van der Waals surface area contributed by atoms with E-state index in [1.807, 2.05) is 23.4 Å². The van der Waals surface area contributed by atoms with Gasteiger partial charge in [0.25, 0.3) is 5.91 Å². The van der Waals surface area contributed by atoms with Gasteiger partial charge in [0.05, 0.1) is 24.5 Å². The molecule has 150 valence electrons. The smallest absolute Gasteiger partial charge is 0.252 e. The first-order valence-electron chi connectivity index (χ1n) is 9.85. The van der Waals surface area contributed by atoms with Gasteiger partial charge >= 0.3 is 0 Å². The van der Waals surface area contributed by atoms with E-state index in [1.165, 1.54) is 0 Å². The number of amides is 2. The summed E-state index contributed by atoms with van der Waals surface area (Å²) in [5, 5.41) is 14.8. The minimum atomic E-state index is -0.944. The second-order valence-corrected chi connectivity index (χ2v) is 7.93. The molecule has 2 amide bonds. The standard InChI is InChI=1S/C19H31N5O3/c1-14(2)18(26)19(27)23-9-10-24-17(13-23)11-16(20-24)12-21-5-4-6-22(8-7-21)15(3)25/h11,14,18,26H,4-10,12-13H2,1-3H3. The van der Waals surface area contributed by atoms with Gasteiger partial charge in [0, 0.05) is 46.2 Å². The summed E-state index contributed by atoms with van der Waals surface area (Å²) in [4.78, 5) is 29.9. The van der Waals surface area contributed by atoms with Gasteiger partial charge in [0.15, 0.2) is 0 Å². The van der Waals surface area contributed by atoms with Crippen LogP contribution in [0.3, 0.4) is 0 Å². The Balaban J connectivity index is 1.60. The summed E-state index contributed by atoms with van der Waals surface area (Å²) in [5.74, 6) is -0.143. The third-order valence-electron chi connectivity index (χ3n) is 5.46. The van der Waals surface area contributed by atoms with E-state index >= 15 is 0 Å². The number of fused-ring (bicyclic) bond motifs is 1. The topological polar surface area (TPSA) is 81.9 Å². The highest BCUT2D eigenvalue weighted by molar-refractivity contribution is 5.81. The normalized spacial score (nSPS) is 19.7. The molecule has 1 atom stereocenters. The van der Waals surface area contributed by atoms with Crippen LogP contribution in [0.1, 0.15) is 38.6 Å². The number of nitrogens with zero attached hydrogens (tertiary/aromatic N) is 5. The monoisotopic (exact) mass is 377 g/mol. The Morgan fingerprint density at radius 1 is 1.11 bits per heavy atom. The Morgan fingerprint density at radius 3 is 2.56 bits per heavy atom. The molecule has 0 spiro atoms. The molecule has 27 heavy (non-hydrogen) atoms. The molecule has 1 unspecified atom stereocenters. The van der Waals surface area contributed by atoms with E-state index in [1.54, 1.807) is 11.8 Å². The highest BCUT2D eigenvalue weighted by Crippen LogP contribution is 2.18. The first-order chi connectivity index (χ1) is 12.8. The van der Waals surface area contributed by atoms with Crippen LogP contribution < -0.4 is 0 Å². The molecular weight excluding hydrogens is 346 g/mol. The van der Waals surface area contributed by atoms with E-state index in [2.05, 4.69) is 11.0 Å². The van der Waals surface area contributed by atoms with Crippen LogP contribution in [0.2, 0.25) is 0 Å². The number of carbonyl (C=O) groups excluding carboxylic acids is 2. The number of hydrogen-bond acceptors (Lipinski definition) is 5. The van der Waals surface area contributed by atoms with Gasteiger partial charge in [-0.3, -0.25) is 19.2 Å². The van der Waals surface area contributed by atoms with Crippen LogP contribution in [0, 0.1) is 5.92 Å². The molecule has 2 aliphatic rings. The molecule has 2 aliphatic heterocycles. The van der Waals surface area contributed by atoms with Gasteiger partial charge in [0.2, 0.25) is 5.91 Å². The van der Waals surface area contributed by atoms with Gasteiger partial charge < -0.3 is 14.9 Å². The van der Waals surface area contributed by atoms with Crippen LogP contribution in [-0.2, 0) is 29.2 Å². The third kappa shape index (κ3) is 4.68. The van der Waals surface area contributed by atoms with E-state index in [-0.39, 0.29) is 17.7 Å². The second-order valence-electron chi connectivity index (χ2n) is 7.93. The molecule has 1 N–H and O–H groups in total. The van der Waals surface area contributed by atoms with Crippen molar-refractivity contribution in [3.8, 4) is 0 Å². The van der Waals surface area contributed by atoms with Crippen LogP contribution in [-0.4, -0.2) is 80.2 Å². The molecule has 1 fully saturated rings. The zero-order valence-electron chi connectivity index (χ0n) is 16.6. The van der Waals surface area contributed by atoms with Crippen molar-refractivity contribution in [3.63, 3.8) is 0 Å². The largest absolute Gasteiger partial charge is 0.383 e. The molecule has 0 aromatic carbocycles. The molecule has 0 aliphatic carbocycles. The lowest BCUT2D eigenvalue weighted by Crippen LogP contribution is -2.45. The number of carbonyl (C=O) groups is 2. The van der Waals surface area contributed by atoms with Crippen LogP contribution in [0.15, 0.2) is 6.07 Å². The molecule has 8 heteroatoms. The van der Waals surface area contributed by atoms with Crippen molar-refractivity contribution in [2.24, 2.45) is 5.92 Å². The molecular formula is C19H31N5O3. The molecule has 0 radical (unpaired) electrons. The Hall–Kier alpha value is -1.93. The minimum Gasteiger partial charge on any atom is -0.383 e. The van der Waals surface area contributed by atoms with E-state index in [0.717, 1.165) is 50.5 Å². The fourth-order valence-electron chi connectivity index (χ4n) is 3.74. The Kier molecular flexibility index (Phi) is 6.16. The molecule has 3 rings (SSSR count). The van der Waals surface area contributed by atoms with Crippen LogP contribution in [0.5, 0.6) is 0 Å². The van der Waals surface area contributed by atoms with E-state index in [4.69, 9.17) is 5.10 Å². The summed E-state index contributed by atoms with van der Waals surface area (Å²) >= 11 is 0. The van der Waals surface area contributed by atoms with Gasteiger partial charge in [-0.1, -0.05) is 13.8 Å². The predicted molar refractivity (Wildman–Crippen MR) is 101 cm³/mol. The minimum absolute atomic E-state index is 0.0856. The lowest BCUT2D eigenvalue weighted by atomic mass is 10.1. The summed E-state index contributed by atoms with van der Waals surface area (Å²) in [5.41, 5.74) is 2.01. The van der Waals surface area contributed by atoms with E-state index < -0.39 is 6.10 Å². The fraction of sp³-hybridized carbons (Fsp3) is 0.737. The average Bonchev–Trinajstić information content (AvgIpc) is 2.88. The van der Waals surface area contributed by atoms with Crippen LogP contribution >= 0.6 is 0 Å². The average molecular weight is 377 g/mol. The van der Waals surface area contributed by atoms with Crippen molar-refractivity contribution < 1.29 is 14.7 Å². The van der Waals surface area contributed by atoms with Gasteiger partial charge in [-0.15, -0.1) is 0 Å². The third-order valence-corrected chi connectivity index (χ3v) is 5.46. The summed E-state index contributed by atoms with van der Waals surface area (Å²) < 4.78 is 1.97. The molecule has 0 bridgehead atoms. The van der Waals surface area contributed by atoms with Crippen molar-refractivity contribution in [1.82, 2.24) is 24.5 Å². The molecule has 1 saturated heterocycles. The fourth-order valence-corrected chi connectivity index (χ4v) is 3.74. The van der Waals surface area contributed by atoms with Crippen molar-refractivity contribution in [2.45, 2.75) is 52.9 Å². The maximum atomic E-state index is 12.4. The molecule has 8 nitrogen and oxygen atoms in total. The maximum absolute atomic E-state index is 12.4. The SMILES string of the molecule is CC(=O)N1CCCN(Cc2cc3n(n2)CCN(C(=O)C(O)C(C)C)C3)CC1. The molecule has 3 heterocycles. The second kappa shape index (κ2) is 8.39. The molecule has 1 aromatic heterocycles. The van der Waals surface area contributed by atoms with Crippen molar-refractivity contribution >= 4 is 11.8 Å². The summed E-state index contributed by atoms with van der Waals surface area (Å²) in [6.45, 7) is 11.2. The summed E-state index contributed by atoms with van der Waals surface area (Å²) in [7, 11) is 0. The van der Waals surface area contributed by atoms with E-state index in [9.17, 15) is 14.7 Å². The zero-order valence-corrected chi connectivity index (χ0v) is 16.6. The van der Waals surface area contributed by atoms with Gasteiger partial charge in [0.1, 0.15) is 6.10 Å². The highest BCUT2D eigenvalue weighted by atomic mass is 16.3. The van der Waals surface area contributed by atoms with Gasteiger partial charge in [-0.05, 0) is 18.4 Å². The van der Waals surface area contributed by atoms with Crippen molar-refractivity contribution in [1.29, 1.82) is 0 Å². The predicted octanol–water partition coefficient (Wildman–Crippen LogP) is 0.296. The van der Waals surface area contributed by atoms with Crippen molar-refractivity contribution in [2.75, 3.05) is 32.7 Å². The number of hydrogen-bond donors (Lipinski definition) is 1. The van der Waals surface area contributed by atoms with E-state index in [0.29, 0.717) is 19.6 Å². The first kappa shape index (κ1) is 19.8. The summed E-state index contributed by atoms with van der Waals surface area (Å²) in [6, 6.07) is 2.06. The van der Waals surface area contributed by atoms with Crippen LogP contribution in [0.25, 0.3) is 0 Å². The number of rotatable bonds is 4. The number of aliphatic hydroxyl groups is 1. The zero-order chi connectivity index (χ0) is 19.6. The molecule has 0 saturated carbocycles. The highest BCUT2D eigenvalue weighted by Gasteiger charge is 2.28. The Bertz CT molecular complexity index is 687. The molecule has 1 aromatic rings. The Morgan fingerprint density at radius 2 is 1.85 bits per heavy atom. The quantitative estimate of drug-likeness (QED) is 0.816. The number of aliphatic hydroxyl groups excluding tert-OH is 1. The Labute approximate surface area is 160 Å². The summed E-state index contributed by atoms with van der Waals surface area (Å²) in [6.07, 6.45) is 0.0305. The van der Waals surface area contributed by atoms with Crippen LogP contribution in [0.4, 0.5) is 0 Å². The van der Waals surface area contributed by atoms with Gasteiger partial charge in [-0.25, -0.2) is 0 Å². The lowest BCUT2D eigenvalue weighted by molar-refractivity contribution is -0.144. The lowest BCUT2D eigenvalue weighted by Gasteiger charge is -2.30.